The van der Waals surface area contributed by atoms with Crippen molar-refractivity contribution in [2.75, 3.05) is 0 Å². The summed E-state index contributed by atoms with van der Waals surface area (Å²) >= 11 is 3.11. The summed E-state index contributed by atoms with van der Waals surface area (Å²) in [7, 11) is 0. The maximum atomic E-state index is 13.3. The number of rotatable bonds is 5. The summed E-state index contributed by atoms with van der Waals surface area (Å²) in [5, 5.41) is 19.6. The number of aliphatic hydroxyl groups excluding tert-OH is 1. The Hall–Kier alpha value is -0.940. The van der Waals surface area contributed by atoms with Crippen LogP contribution in [-0.2, 0) is 4.79 Å². The summed E-state index contributed by atoms with van der Waals surface area (Å²) < 4.78 is 13.6. The molecule has 0 bridgehead atoms. The third-order valence-corrected chi connectivity index (χ3v) is 5.00. The standard InChI is InChI=1S/C16H20BrFO3/c17-12-8-11(4-5-13(12)18)14(19)9-16(10-15(20)21)6-2-1-3-7-16/h4-5,8,14,19H,1-3,6-7,9-10H2,(H,20,21). The lowest BCUT2D eigenvalue weighted by molar-refractivity contribution is -0.141. The highest BCUT2D eigenvalue weighted by molar-refractivity contribution is 9.10. The van der Waals surface area contributed by atoms with Crippen molar-refractivity contribution >= 4 is 21.9 Å². The lowest BCUT2D eigenvalue weighted by Gasteiger charge is -2.37. The first kappa shape index (κ1) is 16.4. The van der Waals surface area contributed by atoms with E-state index in [0.717, 1.165) is 32.1 Å². The molecule has 1 aliphatic carbocycles. The number of hydrogen-bond acceptors (Lipinski definition) is 2. The maximum Gasteiger partial charge on any atom is 0.303 e. The van der Waals surface area contributed by atoms with Crippen molar-refractivity contribution in [3.8, 4) is 0 Å². The summed E-state index contributed by atoms with van der Waals surface area (Å²) in [5.41, 5.74) is 0.281. The molecule has 0 saturated heterocycles. The van der Waals surface area contributed by atoms with Crippen LogP contribution in [0, 0.1) is 11.2 Å². The van der Waals surface area contributed by atoms with Crippen molar-refractivity contribution in [3.05, 3.63) is 34.1 Å². The molecule has 0 amide bonds. The van der Waals surface area contributed by atoms with Crippen molar-refractivity contribution in [1.29, 1.82) is 0 Å². The molecule has 5 heteroatoms. The lowest BCUT2D eigenvalue weighted by atomic mass is 9.68. The Labute approximate surface area is 132 Å². The largest absolute Gasteiger partial charge is 0.481 e. The minimum absolute atomic E-state index is 0.0897. The molecule has 0 spiro atoms. The highest BCUT2D eigenvalue weighted by Gasteiger charge is 2.36. The third-order valence-electron chi connectivity index (χ3n) is 4.40. The molecule has 1 aromatic rings. The fourth-order valence-electron chi connectivity index (χ4n) is 3.32. The monoisotopic (exact) mass is 358 g/mol. The third kappa shape index (κ3) is 4.27. The van der Waals surface area contributed by atoms with Gasteiger partial charge in [0.15, 0.2) is 0 Å². The van der Waals surface area contributed by atoms with E-state index < -0.39 is 12.1 Å². The van der Waals surface area contributed by atoms with Crippen LogP contribution in [0.3, 0.4) is 0 Å². The van der Waals surface area contributed by atoms with Gasteiger partial charge in [-0.15, -0.1) is 0 Å². The van der Waals surface area contributed by atoms with Crippen molar-refractivity contribution < 1.29 is 19.4 Å². The molecule has 1 fully saturated rings. The Kier molecular flexibility index (Phi) is 5.38. The van der Waals surface area contributed by atoms with E-state index in [1.165, 1.54) is 6.07 Å². The van der Waals surface area contributed by atoms with Gasteiger partial charge in [-0.1, -0.05) is 25.3 Å². The van der Waals surface area contributed by atoms with Gasteiger partial charge in [0.1, 0.15) is 5.82 Å². The average molecular weight is 359 g/mol. The lowest BCUT2D eigenvalue weighted by Crippen LogP contribution is -2.29. The summed E-state index contributed by atoms with van der Waals surface area (Å²) in [4.78, 5) is 11.2. The smallest absolute Gasteiger partial charge is 0.303 e. The molecule has 1 unspecified atom stereocenters. The second-order valence-corrected chi connectivity index (χ2v) is 6.88. The molecular weight excluding hydrogens is 339 g/mol. The van der Waals surface area contributed by atoms with Gasteiger partial charge in [-0.25, -0.2) is 4.39 Å². The Morgan fingerprint density at radius 1 is 1.33 bits per heavy atom. The van der Waals surface area contributed by atoms with Gasteiger partial charge in [-0.05, 0) is 58.3 Å². The maximum absolute atomic E-state index is 13.3. The fraction of sp³-hybridized carbons (Fsp3) is 0.562. The second-order valence-electron chi connectivity index (χ2n) is 6.02. The fourth-order valence-corrected chi connectivity index (χ4v) is 3.72. The molecule has 116 valence electrons. The van der Waals surface area contributed by atoms with Crippen molar-refractivity contribution in [1.82, 2.24) is 0 Å². The normalized spacial score (nSPS) is 19.2. The van der Waals surface area contributed by atoms with Gasteiger partial charge in [0.2, 0.25) is 0 Å². The van der Waals surface area contributed by atoms with Gasteiger partial charge in [-0.3, -0.25) is 4.79 Å². The zero-order chi connectivity index (χ0) is 15.5. The SMILES string of the molecule is O=C(O)CC1(CC(O)c2ccc(F)c(Br)c2)CCCCC1. The summed E-state index contributed by atoms with van der Waals surface area (Å²) in [6.45, 7) is 0. The summed E-state index contributed by atoms with van der Waals surface area (Å²) in [6, 6.07) is 4.44. The van der Waals surface area contributed by atoms with Crippen LogP contribution in [0.1, 0.15) is 56.6 Å². The molecule has 1 atom stereocenters. The molecular formula is C16H20BrFO3. The highest BCUT2D eigenvalue weighted by Crippen LogP contribution is 2.45. The van der Waals surface area contributed by atoms with E-state index in [2.05, 4.69) is 15.9 Å². The number of carboxylic acid groups (broad SMARTS) is 1. The van der Waals surface area contributed by atoms with Crippen molar-refractivity contribution in [2.45, 2.75) is 51.0 Å². The van der Waals surface area contributed by atoms with Gasteiger partial charge >= 0.3 is 5.97 Å². The predicted molar refractivity (Wildman–Crippen MR) is 81.4 cm³/mol. The van der Waals surface area contributed by atoms with Gasteiger partial charge in [0, 0.05) is 0 Å². The number of benzene rings is 1. The molecule has 1 aliphatic rings. The predicted octanol–water partition coefficient (Wildman–Crippen LogP) is 4.44. The Balaban J connectivity index is 2.15. The molecule has 1 aromatic carbocycles. The first-order valence-electron chi connectivity index (χ1n) is 7.27. The molecule has 2 N–H and O–H groups in total. The number of halogens is 2. The minimum Gasteiger partial charge on any atom is -0.481 e. The van der Waals surface area contributed by atoms with Crippen LogP contribution < -0.4 is 0 Å². The van der Waals surface area contributed by atoms with Gasteiger partial charge in [-0.2, -0.15) is 0 Å². The van der Waals surface area contributed by atoms with Crippen LogP contribution in [0.2, 0.25) is 0 Å². The zero-order valence-corrected chi connectivity index (χ0v) is 13.4. The Bertz CT molecular complexity index is 512. The molecule has 21 heavy (non-hydrogen) atoms. The molecule has 2 rings (SSSR count). The molecule has 0 aromatic heterocycles. The number of carbonyl (C=O) groups is 1. The van der Waals surface area contributed by atoms with Crippen LogP contribution in [0.25, 0.3) is 0 Å². The van der Waals surface area contributed by atoms with Gasteiger partial charge in [0.25, 0.3) is 0 Å². The molecule has 0 radical (unpaired) electrons. The van der Waals surface area contributed by atoms with Crippen molar-refractivity contribution in [2.24, 2.45) is 5.41 Å². The van der Waals surface area contributed by atoms with E-state index in [1.54, 1.807) is 12.1 Å². The van der Waals surface area contributed by atoms with E-state index >= 15 is 0 Å². The van der Waals surface area contributed by atoms with E-state index in [1.807, 2.05) is 0 Å². The topological polar surface area (TPSA) is 57.5 Å². The van der Waals surface area contributed by atoms with Gasteiger partial charge < -0.3 is 10.2 Å². The average Bonchev–Trinajstić information content (AvgIpc) is 2.41. The number of hydrogen-bond donors (Lipinski definition) is 2. The summed E-state index contributed by atoms with van der Waals surface area (Å²) in [5.74, 6) is -1.19. The zero-order valence-electron chi connectivity index (χ0n) is 11.8. The highest BCUT2D eigenvalue weighted by atomic mass is 79.9. The number of carboxylic acids is 1. The quantitative estimate of drug-likeness (QED) is 0.817. The molecule has 3 nitrogen and oxygen atoms in total. The Morgan fingerprint density at radius 2 is 2.00 bits per heavy atom. The molecule has 1 saturated carbocycles. The van der Waals surface area contributed by atoms with Crippen LogP contribution in [-0.4, -0.2) is 16.2 Å². The van der Waals surface area contributed by atoms with E-state index in [0.29, 0.717) is 16.5 Å². The molecule has 0 heterocycles. The first-order chi connectivity index (χ1) is 9.92. The van der Waals surface area contributed by atoms with Crippen LogP contribution in [0.4, 0.5) is 4.39 Å². The molecule has 0 aliphatic heterocycles. The van der Waals surface area contributed by atoms with E-state index in [4.69, 9.17) is 5.11 Å². The Morgan fingerprint density at radius 3 is 2.57 bits per heavy atom. The van der Waals surface area contributed by atoms with Gasteiger partial charge in [0.05, 0.1) is 17.0 Å². The van der Waals surface area contributed by atoms with Crippen LogP contribution >= 0.6 is 15.9 Å². The van der Waals surface area contributed by atoms with Crippen LogP contribution in [0.5, 0.6) is 0 Å². The number of aliphatic carboxylic acids is 1. The first-order valence-corrected chi connectivity index (χ1v) is 8.06. The minimum atomic E-state index is -0.815. The van der Waals surface area contributed by atoms with E-state index in [-0.39, 0.29) is 17.7 Å². The second kappa shape index (κ2) is 6.88. The number of aliphatic hydroxyl groups is 1. The summed E-state index contributed by atoms with van der Waals surface area (Å²) in [6.07, 6.45) is 4.54. The van der Waals surface area contributed by atoms with Crippen molar-refractivity contribution in [3.63, 3.8) is 0 Å². The van der Waals surface area contributed by atoms with Crippen LogP contribution in [0.15, 0.2) is 22.7 Å². The van der Waals surface area contributed by atoms with E-state index in [9.17, 15) is 14.3 Å².